The largest absolute Gasteiger partial charge is 0.452 e. The van der Waals surface area contributed by atoms with Gasteiger partial charge in [0.15, 0.2) is 6.10 Å². The van der Waals surface area contributed by atoms with Crippen molar-refractivity contribution < 1.29 is 23.5 Å². The molecule has 0 spiro atoms. The van der Waals surface area contributed by atoms with Crippen molar-refractivity contribution in [3.05, 3.63) is 59.9 Å². The van der Waals surface area contributed by atoms with Crippen LogP contribution in [0, 0.1) is 5.82 Å². The summed E-state index contributed by atoms with van der Waals surface area (Å²) in [6, 6.07) is 12.4. The second-order valence-electron chi connectivity index (χ2n) is 5.65. The standard InChI is InChI=1S/C19H19FN2O4/c1-12(26-18(24)11-14-5-3-4-6-17(14)20)19(25)22-16-9-7-15(8-10-16)21-13(2)23/h3-10,12H,11H2,1-2H3,(H,21,23)(H,22,25). The molecule has 0 aliphatic heterocycles. The number of halogens is 1. The first-order chi connectivity index (χ1) is 12.3. The molecule has 0 aliphatic rings. The number of rotatable bonds is 6. The number of anilines is 2. The van der Waals surface area contributed by atoms with Gasteiger partial charge >= 0.3 is 5.97 Å². The van der Waals surface area contributed by atoms with E-state index >= 15 is 0 Å². The predicted octanol–water partition coefficient (Wildman–Crippen LogP) is 2.90. The van der Waals surface area contributed by atoms with Crippen LogP contribution in [-0.4, -0.2) is 23.9 Å². The third-order valence-electron chi connectivity index (χ3n) is 3.44. The second kappa shape index (κ2) is 8.75. The molecule has 0 bridgehead atoms. The highest BCUT2D eigenvalue weighted by Crippen LogP contribution is 2.14. The van der Waals surface area contributed by atoms with Gasteiger partial charge in [-0.05, 0) is 42.8 Å². The summed E-state index contributed by atoms with van der Waals surface area (Å²) >= 11 is 0. The lowest BCUT2D eigenvalue weighted by molar-refractivity contribution is -0.152. The van der Waals surface area contributed by atoms with Crippen LogP contribution in [0.5, 0.6) is 0 Å². The fraction of sp³-hybridized carbons (Fsp3) is 0.211. The summed E-state index contributed by atoms with van der Waals surface area (Å²) in [6.07, 6.45) is -1.29. The van der Waals surface area contributed by atoms with E-state index in [1.165, 1.54) is 32.0 Å². The molecule has 7 heteroatoms. The monoisotopic (exact) mass is 358 g/mol. The van der Waals surface area contributed by atoms with Gasteiger partial charge < -0.3 is 15.4 Å². The predicted molar refractivity (Wildman–Crippen MR) is 95.0 cm³/mol. The molecule has 2 aromatic carbocycles. The van der Waals surface area contributed by atoms with Crippen molar-refractivity contribution in [2.24, 2.45) is 0 Å². The highest BCUT2D eigenvalue weighted by atomic mass is 19.1. The van der Waals surface area contributed by atoms with Crippen molar-refractivity contribution in [2.75, 3.05) is 10.6 Å². The van der Waals surface area contributed by atoms with Crippen LogP contribution in [-0.2, 0) is 25.5 Å². The topological polar surface area (TPSA) is 84.5 Å². The minimum absolute atomic E-state index is 0.197. The number of amides is 2. The van der Waals surface area contributed by atoms with Gasteiger partial charge in [0.25, 0.3) is 5.91 Å². The van der Waals surface area contributed by atoms with Gasteiger partial charge in [0.05, 0.1) is 6.42 Å². The number of benzene rings is 2. The van der Waals surface area contributed by atoms with Crippen LogP contribution in [0.1, 0.15) is 19.4 Å². The molecule has 136 valence electrons. The Balaban J connectivity index is 1.87. The maximum absolute atomic E-state index is 13.5. The molecule has 0 heterocycles. The fourth-order valence-electron chi connectivity index (χ4n) is 2.17. The van der Waals surface area contributed by atoms with E-state index in [9.17, 15) is 18.8 Å². The Labute approximate surface area is 150 Å². The first-order valence-electron chi connectivity index (χ1n) is 7.96. The van der Waals surface area contributed by atoms with Gasteiger partial charge in [0.1, 0.15) is 5.82 Å². The highest BCUT2D eigenvalue weighted by molar-refractivity contribution is 5.95. The van der Waals surface area contributed by atoms with Crippen LogP contribution in [0.15, 0.2) is 48.5 Å². The molecule has 1 unspecified atom stereocenters. The normalized spacial score (nSPS) is 11.3. The number of nitrogens with one attached hydrogen (secondary N) is 2. The third kappa shape index (κ3) is 5.70. The van der Waals surface area contributed by atoms with Gasteiger partial charge in [-0.2, -0.15) is 0 Å². The minimum Gasteiger partial charge on any atom is -0.452 e. The quantitative estimate of drug-likeness (QED) is 0.778. The molecule has 2 amide bonds. The van der Waals surface area contributed by atoms with Gasteiger partial charge in [0.2, 0.25) is 5.91 Å². The van der Waals surface area contributed by atoms with E-state index in [-0.39, 0.29) is 17.9 Å². The number of carbonyl (C=O) groups excluding carboxylic acids is 3. The third-order valence-corrected chi connectivity index (χ3v) is 3.44. The van der Waals surface area contributed by atoms with Crippen molar-refractivity contribution in [3.8, 4) is 0 Å². The average Bonchev–Trinajstić information content (AvgIpc) is 2.58. The lowest BCUT2D eigenvalue weighted by Gasteiger charge is -2.14. The first-order valence-corrected chi connectivity index (χ1v) is 7.96. The average molecular weight is 358 g/mol. The summed E-state index contributed by atoms with van der Waals surface area (Å²) in [4.78, 5) is 34.9. The van der Waals surface area contributed by atoms with Crippen LogP contribution in [0.3, 0.4) is 0 Å². The van der Waals surface area contributed by atoms with E-state index in [1.54, 1.807) is 30.3 Å². The van der Waals surface area contributed by atoms with Crippen molar-refractivity contribution in [2.45, 2.75) is 26.4 Å². The molecule has 2 aromatic rings. The number of ether oxygens (including phenoxy) is 1. The van der Waals surface area contributed by atoms with Crippen LogP contribution in [0.25, 0.3) is 0 Å². The molecule has 0 aliphatic carbocycles. The molecule has 2 N–H and O–H groups in total. The zero-order valence-electron chi connectivity index (χ0n) is 14.4. The van der Waals surface area contributed by atoms with E-state index < -0.39 is 23.8 Å². The molecule has 1 atom stereocenters. The lowest BCUT2D eigenvalue weighted by Crippen LogP contribution is -2.30. The fourth-order valence-corrected chi connectivity index (χ4v) is 2.17. The number of hydrogen-bond acceptors (Lipinski definition) is 4. The van der Waals surface area contributed by atoms with Crippen LogP contribution in [0.4, 0.5) is 15.8 Å². The molecule has 0 aromatic heterocycles. The Morgan fingerprint density at radius 1 is 1.00 bits per heavy atom. The maximum Gasteiger partial charge on any atom is 0.311 e. The SMILES string of the molecule is CC(=O)Nc1ccc(NC(=O)C(C)OC(=O)Cc2ccccc2F)cc1. The van der Waals surface area contributed by atoms with Gasteiger partial charge in [-0.1, -0.05) is 18.2 Å². The van der Waals surface area contributed by atoms with Crippen molar-refractivity contribution in [1.29, 1.82) is 0 Å². The van der Waals surface area contributed by atoms with Crippen molar-refractivity contribution in [3.63, 3.8) is 0 Å². The van der Waals surface area contributed by atoms with Gasteiger partial charge in [-0.3, -0.25) is 14.4 Å². The second-order valence-corrected chi connectivity index (χ2v) is 5.65. The Hall–Kier alpha value is -3.22. The molecule has 0 saturated heterocycles. The van der Waals surface area contributed by atoms with Crippen molar-refractivity contribution >= 4 is 29.2 Å². The molecule has 0 radical (unpaired) electrons. The Morgan fingerprint density at radius 3 is 2.15 bits per heavy atom. The van der Waals surface area contributed by atoms with Gasteiger partial charge in [-0.25, -0.2) is 4.39 Å². The zero-order chi connectivity index (χ0) is 19.1. The highest BCUT2D eigenvalue weighted by Gasteiger charge is 2.19. The summed E-state index contributed by atoms with van der Waals surface area (Å²) in [7, 11) is 0. The van der Waals surface area contributed by atoms with E-state index in [4.69, 9.17) is 4.74 Å². The van der Waals surface area contributed by atoms with E-state index in [0.29, 0.717) is 11.4 Å². The van der Waals surface area contributed by atoms with Gasteiger partial charge in [0, 0.05) is 18.3 Å². The smallest absolute Gasteiger partial charge is 0.311 e. The molecule has 2 rings (SSSR count). The van der Waals surface area contributed by atoms with Gasteiger partial charge in [-0.15, -0.1) is 0 Å². The number of esters is 1. The summed E-state index contributed by atoms with van der Waals surface area (Å²) in [6.45, 7) is 2.83. The van der Waals surface area contributed by atoms with E-state index in [1.807, 2.05) is 0 Å². The summed E-state index contributed by atoms with van der Waals surface area (Å²) in [5, 5.41) is 5.21. The molecule has 0 saturated carbocycles. The molecular weight excluding hydrogens is 339 g/mol. The zero-order valence-corrected chi connectivity index (χ0v) is 14.4. The number of hydrogen-bond donors (Lipinski definition) is 2. The molecule has 26 heavy (non-hydrogen) atoms. The molecular formula is C19H19FN2O4. The van der Waals surface area contributed by atoms with Crippen LogP contribution >= 0.6 is 0 Å². The maximum atomic E-state index is 13.5. The van der Waals surface area contributed by atoms with Crippen LogP contribution in [0.2, 0.25) is 0 Å². The van der Waals surface area contributed by atoms with Crippen LogP contribution < -0.4 is 10.6 Å². The summed E-state index contributed by atoms with van der Waals surface area (Å²) in [5.74, 6) is -1.91. The Morgan fingerprint density at radius 2 is 1.58 bits per heavy atom. The number of carbonyl (C=O) groups is 3. The van der Waals surface area contributed by atoms with E-state index in [0.717, 1.165) is 0 Å². The van der Waals surface area contributed by atoms with Crippen molar-refractivity contribution in [1.82, 2.24) is 0 Å². The Bertz CT molecular complexity index is 805. The molecule has 0 fully saturated rings. The molecule has 6 nitrogen and oxygen atoms in total. The Kier molecular flexibility index (Phi) is 6.43. The van der Waals surface area contributed by atoms with E-state index in [2.05, 4.69) is 10.6 Å². The summed E-state index contributed by atoms with van der Waals surface area (Å²) in [5.41, 5.74) is 1.29. The summed E-state index contributed by atoms with van der Waals surface area (Å²) < 4.78 is 18.6. The lowest BCUT2D eigenvalue weighted by atomic mass is 10.1. The minimum atomic E-state index is -1.04. The first kappa shape index (κ1) is 19.1.